The van der Waals surface area contributed by atoms with Crippen molar-refractivity contribution in [3.05, 3.63) is 22.5 Å². The SMILES string of the molecule is OC1CN(c2nc(Cl)nc3c(F)c(Cl)ncc23)CC2(CCC2)C1. The monoisotopic (exact) mass is 356 g/mol. The van der Waals surface area contributed by atoms with E-state index in [0.29, 0.717) is 17.7 Å². The molecule has 3 heterocycles. The van der Waals surface area contributed by atoms with Gasteiger partial charge in [-0.2, -0.15) is 4.98 Å². The normalized spacial score (nSPS) is 23.3. The van der Waals surface area contributed by atoms with E-state index in [1.807, 2.05) is 4.90 Å². The van der Waals surface area contributed by atoms with E-state index < -0.39 is 11.9 Å². The Bertz CT molecular complexity index is 784. The molecule has 1 N–H and O–H groups in total. The number of pyridine rings is 1. The lowest BCUT2D eigenvalue weighted by atomic mass is 9.64. The van der Waals surface area contributed by atoms with E-state index in [1.54, 1.807) is 0 Å². The van der Waals surface area contributed by atoms with Gasteiger partial charge in [-0.1, -0.05) is 18.0 Å². The van der Waals surface area contributed by atoms with Gasteiger partial charge in [-0.15, -0.1) is 0 Å². The number of nitrogens with zero attached hydrogens (tertiary/aromatic N) is 4. The summed E-state index contributed by atoms with van der Waals surface area (Å²) < 4.78 is 14.2. The second-order valence-electron chi connectivity index (χ2n) is 6.53. The van der Waals surface area contributed by atoms with Crippen molar-refractivity contribution in [2.45, 2.75) is 31.8 Å². The van der Waals surface area contributed by atoms with E-state index in [4.69, 9.17) is 23.2 Å². The van der Waals surface area contributed by atoms with Crippen molar-refractivity contribution in [1.82, 2.24) is 15.0 Å². The van der Waals surface area contributed by atoms with Crippen LogP contribution in [0.5, 0.6) is 0 Å². The largest absolute Gasteiger partial charge is 0.391 e. The van der Waals surface area contributed by atoms with Gasteiger partial charge in [0, 0.05) is 19.3 Å². The number of hydrogen-bond donors (Lipinski definition) is 1. The maximum atomic E-state index is 14.2. The van der Waals surface area contributed by atoms with Gasteiger partial charge in [0.2, 0.25) is 5.28 Å². The number of halogens is 3. The van der Waals surface area contributed by atoms with E-state index in [9.17, 15) is 9.50 Å². The molecule has 4 rings (SSSR count). The van der Waals surface area contributed by atoms with Crippen LogP contribution in [0, 0.1) is 11.2 Å². The van der Waals surface area contributed by atoms with Crippen LogP contribution in [0.1, 0.15) is 25.7 Å². The lowest BCUT2D eigenvalue weighted by Gasteiger charge is -2.50. The Morgan fingerprint density at radius 1 is 1.30 bits per heavy atom. The molecule has 1 atom stereocenters. The first-order valence-corrected chi connectivity index (χ1v) is 8.33. The molecule has 0 aromatic carbocycles. The third-order valence-electron chi connectivity index (χ3n) is 4.93. The second kappa shape index (κ2) is 5.40. The van der Waals surface area contributed by atoms with Crippen LogP contribution >= 0.6 is 23.2 Å². The van der Waals surface area contributed by atoms with Gasteiger partial charge in [0.25, 0.3) is 0 Å². The third-order valence-corrected chi connectivity index (χ3v) is 5.37. The average Bonchev–Trinajstić information content (AvgIpc) is 2.48. The number of aliphatic hydroxyl groups is 1. The topological polar surface area (TPSA) is 62.1 Å². The molecule has 2 fully saturated rings. The Morgan fingerprint density at radius 3 is 2.78 bits per heavy atom. The van der Waals surface area contributed by atoms with Crippen molar-refractivity contribution in [3.63, 3.8) is 0 Å². The smallest absolute Gasteiger partial charge is 0.225 e. The molecule has 1 unspecified atom stereocenters. The first kappa shape index (κ1) is 15.3. The lowest BCUT2D eigenvalue weighted by Crippen LogP contribution is -2.52. The Kier molecular flexibility index (Phi) is 3.59. The molecule has 1 saturated carbocycles. The zero-order chi connectivity index (χ0) is 16.2. The number of piperidine rings is 1. The molecule has 23 heavy (non-hydrogen) atoms. The standard InChI is InChI=1S/C15H15Cl2FN4O/c16-12-10(18)11-9(5-19-12)13(21-14(17)20-11)22-6-8(23)4-15(7-22)2-1-3-15/h5,8,23H,1-4,6-7H2. The summed E-state index contributed by atoms with van der Waals surface area (Å²) in [5.41, 5.74) is 0.183. The van der Waals surface area contributed by atoms with E-state index in [1.165, 1.54) is 12.6 Å². The van der Waals surface area contributed by atoms with E-state index in [-0.39, 0.29) is 21.4 Å². The van der Waals surface area contributed by atoms with Crippen molar-refractivity contribution in [3.8, 4) is 0 Å². The highest BCUT2D eigenvalue weighted by molar-refractivity contribution is 6.30. The summed E-state index contributed by atoms with van der Waals surface area (Å²) in [6.45, 7) is 1.21. The summed E-state index contributed by atoms with van der Waals surface area (Å²) in [5, 5.41) is 10.4. The summed E-state index contributed by atoms with van der Waals surface area (Å²) in [5.74, 6) is -0.196. The van der Waals surface area contributed by atoms with Crippen LogP contribution in [0.4, 0.5) is 10.2 Å². The van der Waals surface area contributed by atoms with Crippen LogP contribution in [-0.2, 0) is 0 Å². The van der Waals surface area contributed by atoms with Crippen LogP contribution in [0.25, 0.3) is 10.9 Å². The maximum absolute atomic E-state index is 14.2. The highest BCUT2D eigenvalue weighted by atomic mass is 35.5. The Hall–Kier alpha value is -1.24. The first-order chi connectivity index (χ1) is 11.0. The minimum Gasteiger partial charge on any atom is -0.391 e. The number of aliphatic hydroxyl groups excluding tert-OH is 1. The molecule has 1 aliphatic carbocycles. The number of β-amino-alcohol motifs (C(OH)–C–C–N with tert-alkyl or cyclic N) is 1. The first-order valence-electron chi connectivity index (χ1n) is 7.58. The fraction of sp³-hybridized carbons (Fsp3) is 0.533. The molecular weight excluding hydrogens is 342 g/mol. The molecule has 122 valence electrons. The third kappa shape index (κ3) is 2.53. The van der Waals surface area contributed by atoms with Crippen LogP contribution in [0.3, 0.4) is 0 Å². The zero-order valence-corrected chi connectivity index (χ0v) is 13.8. The van der Waals surface area contributed by atoms with Gasteiger partial charge in [-0.05, 0) is 36.3 Å². The maximum Gasteiger partial charge on any atom is 0.225 e. The molecule has 2 aromatic rings. The zero-order valence-electron chi connectivity index (χ0n) is 12.3. The summed E-state index contributed by atoms with van der Waals surface area (Å²) in [6.07, 6.45) is 5.20. The van der Waals surface area contributed by atoms with Crippen molar-refractivity contribution in [2.75, 3.05) is 18.0 Å². The summed E-state index contributed by atoms with van der Waals surface area (Å²) in [6, 6.07) is 0. The van der Waals surface area contributed by atoms with Gasteiger partial charge in [-0.25, -0.2) is 14.4 Å². The molecule has 0 radical (unpaired) electrons. The Labute approximate surface area is 142 Å². The van der Waals surface area contributed by atoms with Gasteiger partial charge in [-0.3, -0.25) is 0 Å². The highest BCUT2D eigenvalue weighted by Gasteiger charge is 2.44. The van der Waals surface area contributed by atoms with Gasteiger partial charge in [0.15, 0.2) is 11.0 Å². The van der Waals surface area contributed by atoms with Crippen LogP contribution in [0.2, 0.25) is 10.4 Å². The van der Waals surface area contributed by atoms with Crippen LogP contribution in [-0.4, -0.2) is 39.3 Å². The predicted molar refractivity (Wildman–Crippen MR) is 86.4 cm³/mol. The lowest BCUT2D eigenvalue weighted by molar-refractivity contribution is 0.0239. The van der Waals surface area contributed by atoms with Crippen molar-refractivity contribution >= 4 is 39.9 Å². The molecule has 1 aliphatic heterocycles. The predicted octanol–water partition coefficient (Wildman–Crippen LogP) is 3.21. The number of fused-ring (bicyclic) bond motifs is 1. The highest BCUT2D eigenvalue weighted by Crippen LogP contribution is 2.48. The molecule has 0 bridgehead atoms. The van der Waals surface area contributed by atoms with Gasteiger partial charge >= 0.3 is 0 Å². The molecule has 0 amide bonds. The number of anilines is 1. The quantitative estimate of drug-likeness (QED) is 0.627. The van der Waals surface area contributed by atoms with E-state index in [0.717, 1.165) is 25.8 Å². The molecule has 1 saturated heterocycles. The average molecular weight is 357 g/mol. The Balaban J connectivity index is 1.83. The van der Waals surface area contributed by atoms with Gasteiger partial charge in [0.1, 0.15) is 11.3 Å². The second-order valence-corrected chi connectivity index (χ2v) is 7.23. The van der Waals surface area contributed by atoms with Crippen molar-refractivity contribution < 1.29 is 9.50 Å². The minimum absolute atomic E-state index is 0.0450. The van der Waals surface area contributed by atoms with E-state index >= 15 is 0 Å². The number of rotatable bonds is 1. The summed E-state index contributed by atoms with van der Waals surface area (Å²) in [4.78, 5) is 14.1. The molecule has 2 aromatic heterocycles. The minimum atomic E-state index is -0.703. The Morgan fingerprint density at radius 2 is 2.09 bits per heavy atom. The van der Waals surface area contributed by atoms with Crippen LogP contribution in [0.15, 0.2) is 6.20 Å². The van der Waals surface area contributed by atoms with Crippen LogP contribution < -0.4 is 4.90 Å². The fourth-order valence-electron chi connectivity index (χ4n) is 3.79. The molecule has 8 heteroatoms. The van der Waals surface area contributed by atoms with E-state index in [2.05, 4.69) is 15.0 Å². The summed E-state index contributed by atoms with van der Waals surface area (Å²) >= 11 is 11.7. The number of hydrogen-bond acceptors (Lipinski definition) is 5. The molecular formula is C15H15Cl2FN4O. The molecule has 1 spiro atoms. The number of aromatic nitrogens is 3. The van der Waals surface area contributed by atoms with Gasteiger partial charge < -0.3 is 10.0 Å². The fourth-order valence-corrected chi connectivity index (χ4v) is 4.09. The molecule has 5 nitrogen and oxygen atoms in total. The van der Waals surface area contributed by atoms with Crippen molar-refractivity contribution in [2.24, 2.45) is 5.41 Å². The molecule has 2 aliphatic rings. The van der Waals surface area contributed by atoms with Gasteiger partial charge in [0.05, 0.1) is 11.5 Å². The summed E-state index contributed by atoms with van der Waals surface area (Å²) in [7, 11) is 0. The van der Waals surface area contributed by atoms with Crippen molar-refractivity contribution in [1.29, 1.82) is 0 Å².